The molecule has 0 aliphatic carbocycles. The highest BCUT2D eigenvalue weighted by molar-refractivity contribution is 7.91. The maximum Gasteiger partial charge on any atom is 0.411 e. The summed E-state index contributed by atoms with van der Waals surface area (Å²) in [5.74, 6) is 0.183. The lowest BCUT2D eigenvalue weighted by Crippen LogP contribution is -2.54. The second-order valence-corrected chi connectivity index (χ2v) is 12.8. The van der Waals surface area contributed by atoms with Crippen LogP contribution in [0.25, 0.3) is 0 Å². The summed E-state index contributed by atoms with van der Waals surface area (Å²) in [6, 6.07) is 18.4. The van der Waals surface area contributed by atoms with Crippen molar-refractivity contribution < 1.29 is 44.2 Å². The molecular formula is C32H29F6NO4S. The molecule has 4 aromatic rings. The molecule has 0 atom stereocenters. The number of ether oxygens (including phenoxy) is 2. The molecule has 4 aromatic carbocycles. The maximum absolute atomic E-state index is 14.5. The summed E-state index contributed by atoms with van der Waals surface area (Å²) in [4.78, 5) is 0.0337. The molecule has 0 unspecified atom stereocenters. The van der Waals surface area contributed by atoms with Crippen molar-refractivity contribution in [2.45, 2.75) is 53.9 Å². The zero-order chi connectivity index (χ0) is 32.6. The van der Waals surface area contributed by atoms with Crippen molar-refractivity contribution in [2.75, 3.05) is 12.4 Å². The lowest BCUT2D eigenvalue weighted by atomic mass is 9.73. The molecule has 0 saturated heterocycles. The van der Waals surface area contributed by atoms with E-state index in [9.17, 15) is 34.8 Å². The zero-order valence-corrected chi connectivity index (χ0v) is 24.9. The van der Waals surface area contributed by atoms with Crippen molar-refractivity contribution in [2.24, 2.45) is 0 Å². The van der Waals surface area contributed by atoms with Gasteiger partial charge < -0.3 is 14.8 Å². The lowest BCUT2D eigenvalue weighted by Gasteiger charge is -2.38. The van der Waals surface area contributed by atoms with Crippen molar-refractivity contribution in [3.63, 3.8) is 0 Å². The Morgan fingerprint density at radius 3 is 1.30 bits per heavy atom. The quantitative estimate of drug-likeness (QED) is 0.196. The second kappa shape index (κ2) is 11.7. The molecule has 44 heavy (non-hydrogen) atoms. The van der Waals surface area contributed by atoms with Crippen LogP contribution in [0.3, 0.4) is 0 Å². The molecule has 1 N–H and O–H groups in total. The van der Waals surface area contributed by atoms with E-state index < -0.39 is 44.3 Å². The van der Waals surface area contributed by atoms with Crippen LogP contribution in [-0.2, 0) is 15.3 Å². The molecule has 0 aromatic heterocycles. The molecule has 12 heteroatoms. The molecule has 0 amide bonds. The van der Waals surface area contributed by atoms with Gasteiger partial charge in [0, 0.05) is 12.7 Å². The number of anilines is 1. The van der Waals surface area contributed by atoms with Gasteiger partial charge in [-0.3, -0.25) is 0 Å². The van der Waals surface area contributed by atoms with Gasteiger partial charge in [-0.1, -0.05) is 24.3 Å². The van der Waals surface area contributed by atoms with E-state index in [1.807, 2.05) is 0 Å². The smallest absolute Gasteiger partial charge is 0.411 e. The van der Waals surface area contributed by atoms with Gasteiger partial charge in [0.15, 0.2) is 0 Å². The Labute approximate surface area is 251 Å². The molecule has 0 aliphatic rings. The predicted molar refractivity (Wildman–Crippen MR) is 154 cm³/mol. The van der Waals surface area contributed by atoms with Gasteiger partial charge in [-0.2, -0.15) is 26.3 Å². The maximum atomic E-state index is 14.5. The molecule has 0 fully saturated rings. The highest BCUT2D eigenvalue weighted by atomic mass is 32.2. The van der Waals surface area contributed by atoms with Crippen LogP contribution >= 0.6 is 0 Å². The monoisotopic (exact) mass is 637 g/mol. The Hall–Kier alpha value is -4.19. The Bertz CT molecular complexity index is 1660. The molecule has 5 nitrogen and oxygen atoms in total. The van der Waals surface area contributed by atoms with Gasteiger partial charge in [0.1, 0.15) is 22.8 Å². The van der Waals surface area contributed by atoms with Crippen molar-refractivity contribution >= 4 is 15.5 Å². The van der Waals surface area contributed by atoms with E-state index in [2.05, 4.69) is 5.32 Å². The number of benzene rings is 4. The first kappa shape index (κ1) is 32.7. The molecule has 0 saturated carbocycles. The molecule has 0 heterocycles. The van der Waals surface area contributed by atoms with Gasteiger partial charge in [0.25, 0.3) is 0 Å². The Morgan fingerprint density at radius 2 is 0.932 bits per heavy atom. The normalized spacial score (nSPS) is 13.0. The lowest BCUT2D eigenvalue weighted by molar-refractivity contribution is -0.288. The van der Waals surface area contributed by atoms with E-state index in [4.69, 9.17) is 9.47 Å². The third kappa shape index (κ3) is 6.50. The van der Waals surface area contributed by atoms with Crippen molar-refractivity contribution in [1.29, 1.82) is 0 Å². The highest BCUT2D eigenvalue weighted by Crippen LogP contribution is 2.56. The number of nitrogens with one attached hydrogen (secondary N) is 1. The van der Waals surface area contributed by atoms with Crippen LogP contribution in [0.4, 0.5) is 32.0 Å². The Kier molecular flexibility index (Phi) is 8.71. The van der Waals surface area contributed by atoms with E-state index in [-0.39, 0.29) is 27.0 Å². The average Bonchev–Trinajstić information content (AvgIpc) is 2.93. The fraction of sp³-hybridized carbons (Fsp3) is 0.250. The number of halogens is 6. The van der Waals surface area contributed by atoms with E-state index in [1.165, 1.54) is 36.4 Å². The molecule has 0 bridgehead atoms. The van der Waals surface area contributed by atoms with Crippen LogP contribution in [-0.4, -0.2) is 33.4 Å². The topological polar surface area (TPSA) is 64.6 Å². The molecular weight excluding hydrogens is 608 g/mol. The summed E-state index contributed by atoms with van der Waals surface area (Å²) in [5.41, 5.74) is -6.40. The largest absolute Gasteiger partial charge is 0.488 e. The minimum atomic E-state index is -5.76. The van der Waals surface area contributed by atoms with Crippen molar-refractivity contribution in [3.05, 3.63) is 108 Å². The van der Waals surface area contributed by atoms with Gasteiger partial charge in [0.05, 0.1) is 9.79 Å². The van der Waals surface area contributed by atoms with Gasteiger partial charge in [-0.15, -0.1) is 0 Å². The summed E-state index contributed by atoms with van der Waals surface area (Å²) in [7, 11) is -2.15. The van der Waals surface area contributed by atoms with Crippen molar-refractivity contribution in [3.8, 4) is 17.2 Å². The second-order valence-electron chi connectivity index (χ2n) is 10.9. The summed E-state index contributed by atoms with van der Waals surface area (Å²) >= 11 is 0. The van der Waals surface area contributed by atoms with Crippen LogP contribution in [0, 0.1) is 0 Å². The first-order chi connectivity index (χ1) is 20.4. The molecule has 0 radical (unpaired) electrons. The molecule has 0 spiro atoms. The summed E-state index contributed by atoms with van der Waals surface area (Å²) in [5, 5.41) is 2.89. The highest BCUT2D eigenvalue weighted by Gasteiger charge is 2.72. The number of rotatable bonds is 8. The Balaban J connectivity index is 1.63. The van der Waals surface area contributed by atoms with Gasteiger partial charge in [0.2, 0.25) is 15.3 Å². The summed E-state index contributed by atoms with van der Waals surface area (Å²) in [6.07, 6.45) is -11.5. The fourth-order valence-corrected chi connectivity index (χ4v) is 5.90. The zero-order valence-electron chi connectivity index (χ0n) is 24.0. The SMILES string of the molecule is CNc1ccc(S(=O)(=O)c2ccc(Oc3ccc(C(c4ccc(OC(C)(C)C)cc4)(C(F)(F)F)C(F)(F)F)cc3)cc2)cc1. The number of alkyl halides is 6. The van der Waals surface area contributed by atoms with Gasteiger partial charge >= 0.3 is 12.4 Å². The van der Waals surface area contributed by atoms with Crippen LogP contribution < -0.4 is 14.8 Å². The fourth-order valence-electron chi connectivity index (χ4n) is 4.64. The third-order valence-electron chi connectivity index (χ3n) is 6.67. The number of sulfone groups is 1. The number of hydrogen-bond acceptors (Lipinski definition) is 5. The van der Waals surface area contributed by atoms with E-state index >= 15 is 0 Å². The average molecular weight is 638 g/mol. The van der Waals surface area contributed by atoms with E-state index in [1.54, 1.807) is 40.0 Å². The van der Waals surface area contributed by atoms with Crippen LogP contribution in [0.5, 0.6) is 17.2 Å². The van der Waals surface area contributed by atoms with Gasteiger partial charge in [-0.05, 0) is 105 Å². The summed E-state index contributed by atoms with van der Waals surface area (Å²) in [6.45, 7) is 5.09. The molecule has 234 valence electrons. The van der Waals surface area contributed by atoms with Crippen LogP contribution in [0.2, 0.25) is 0 Å². The minimum absolute atomic E-state index is 0.0311. The first-order valence-corrected chi connectivity index (χ1v) is 14.7. The van der Waals surface area contributed by atoms with Crippen molar-refractivity contribution in [1.82, 2.24) is 0 Å². The van der Waals surface area contributed by atoms with Crippen LogP contribution in [0.15, 0.2) is 107 Å². The predicted octanol–water partition coefficient (Wildman–Crippen LogP) is 8.94. The van der Waals surface area contributed by atoms with Gasteiger partial charge in [-0.25, -0.2) is 8.42 Å². The molecule has 4 rings (SSSR count). The first-order valence-electron chi connectivity index (χ1n) is 13.2. The van der Waals surface area contributed by atoms with Crippen LogP contribution in [0.1, 0.15) is 31.9 Å². The Morgan fingerprint density at radius 1 is 0.568 bits per heavy atom. The molecule has 0 aliphatic heterocycles. The minimum Gasteiger partial charge on any atom is -0.488 e. The summed E-state index contributed by atoms with van der Waals surface area (Å²) < 4.78 is 124. The number of hydrogen-bond donors (Lipinski definition) is 1. The standard InChI is InChI=1S/C32H29F6NO4S/c1-29(2,3)43-26-13-7-22(8-14-26)30(31(33,34)35,32(36,37)38)21-5-11-24(12-6-21)42-25-15-19-28(20-16-25)44(40,41)27-17-9-23(39-4)10-18-27/h5-20,39H,1-4H3. The third-order valence-corrected chi connectivity index (χ3v) is 8.46. The van der Waals surface area contributed by atoms with E-state index in [0.717, 1.165) is 42.1 Å². The van der Waals surface area contributed by atoms with E-state index in [0.29, 0.717) is 12.1 Å².